The monoisotopic (exact) mass is 324 g/mol. The summed E-state index contributed by atoms with van der Waals surface area (Å²) < 4.78 is 28.4. The number of amides is 1. The molecular formula is C15H20N2O4S. The van der Waals surface area contributed by atoms with E-state index in [4.69, 9.17) is 4.74 Å². The SMILES string of the molecule is CC(=O)N(N=Cc1cccc(S(C)(=O)=O)c1)C1CCOCC1. The van der Waals surface area contributed by atoms with Crippen LogP contribution in [0.2, 0.25) is 0 Å². The van der Waals surface area contributed by atoms with Crippen LogP contribution in [0.15, 0.2) is 34.3 Å². The van der Waals surface area contributed by atoms with Crippen molar-refractivity contribution < 1.29 is 17.9 Å². The highest BCUT2D eigenvalue weighted by Crippen LogP contribution is 2.16. The van der Waals surface area contributed by atoms with E-state index in [0.29, 0.717) is 18.8 Å². The third-order valence-electron chi connectivity index (χ3n) is 3.48. The fourth-order valence-electron chi connectivity index (χ4n) is 2.32. The molecular weight excluding hydrogens is 304 g/mol. The minimum Gasteiger partial charge on any atom is -0.381 e. The van der Waals surface area contributed by atoms with Crippen LogP contribution in [0.25, 0.3) is 0 Å². The van der Waals surface area contributed by atoms with Crippen LogP contribution >= 0.6 is 0 Å². The lowest BCUT2D eigenvalue weighted by atomic mass is 10.1. The van der Waals surface area contributed by atoms with Gasteiger partial charge in [-0.1, -0.05) is 12.1 Å². The zero-order chi connectivity index (χ0) is 16.2. The second-order valence-electron chi connectivity index (χ2n) is 5.30. The molecule has 0 bridgehead atoms. The Morgan fingerprint density at radius 2 is 2.05 bits per heavy atom. The van der Waals surface area contributed by atoms with Crippen molar-refractivity contribution in [2.24, 2.45) is 5.10 Å². The van der Waals surface area contributed by atoms with E-state index in [1.807, 2.05) is 0 Å². The minimum absolute atomic E-state index is 0.0283. The van der Waals surface area contributed by atoms with Gasteiger partial charge in [-0.2, -0.15) is 5.10 Å². The summed E-state index contributed by atoms with van der Waals surface area (Å²) in [5.41, 5.74) is 0.640. The van der Waals surface area contributed by atoms with Gasteiger partial charge in [0, 0.05) is 26.4 Å². The average Bonchev–Trinajstić information content (AvgIpc) is 2.48. The summed E-state index contributed by atoms with van der Waals surface area (Å²) >= 11 is 0. The zero-order valence-corrected chi connectivity index (χ0v) is 13.5. The van der Waals surface area contributed by atoms with Gasteiger partial charge >= 0.3 is 0 Å². The minimum atomic E-state index is -3.26. The molecule has 22 heavy (non-hydrogen) atoms. The van der Waals surface area contributed by atoms with Crippen molar-refractivity contribution in [1.82, 2.24) is 5.01 Å². The number of ether oxygens (including phenoxy) is 1. The summed E-state index contributed by atoms with van der Waals surface area (Å²) in [5.74, 6) is -0.137. The molecule has 120 valence electrons. The molecule has 1 heterocycles. The van der Waals surface area contributed by atoms with Crippen molar-refractivity contribution in [3.63, 3.8) is 0 Å². The molecule has 6 nitrogen and oxygen atoms in total. The van der Waals surface area contributed by atoms with E-state index in [-0.39, 0.29) is 16.8 Å². The first kappa shape index (κ1) is 16.6. The number of rotatable bonds is 4. The predicted molar refractivity (Wildman–Crippen MR) is 83.5 cm³/mol. The Kier molecular flexibility index (Phi) is 5.31. The van der Waals surface area contributed by atoms with Crippen LogP contribution in [0, 0.1) is 0 Å². The van der Waals surface area contributed by atoms with Crippen molar-refractivity contribution in [2.75, 3.05) is 19.5 Å². The van der Waals surface area contributed by atoms with Gasteiger partial charge in [0.2, 0.25) is 5.91 Å². The Morgan fingerprint density at radius 3 is 2.64 bits per heavy atom. The maximum Gasteiger partial charge on any atom is 0.239 e. The molecule has 0 radical (unpaired) electrons. The number of hydrazone groups is 1. The van der Waals surface area contributed by atoms with Gasteiger partial charge in [0.05, 0.1) is 17.2 Å². The first-order valence-electron chi connectivity index (χ1n) is 7.09. The maximum absolute atomic E-state index is 11.8. The third kappa shape index (κ3) is 4.38. The molecule has 1 aromatic rings. The van der Waals surface area contributed by atoms with Crippen molar-refractivity contribution >= 4 is 22.0 Å². The second-order valence-corrected chi connectivity index (χ2v) is 7.31. The summed E-state index contributed by atoms with van der Waals surface area (Å²) in [5, 5.41) is 5.70. The van der Waals surface area contributed by atoms with Gasteiger partial charge in [-0.3, -0.25) is 4.79 Å². The topological polar surface area (TPSA) is 76.0 Å². The molecule has 0 spiro atoms. The smallest absolute Gasteiger partial charge is 0.239 e. The van der Waals surface area contributed by atoms with Crippen molar-refractivity contribution in [1.29, 1.82) is 0 Å². The molecule has 1 amide bonds. The van der Waals surface area contributed by atoms with Crippen molar-refractivity contribution in [2.45, 2.75) is 30.7 Å². The van der Waals surface area contributed by atoms with Gasteiger partial charge < -0.3 is 4.74 Å². The summed E-state index contributed by atoms with van der Waals surface area (Å²) in [4.78, 5) is 12.0. The zero-order valence-electron chi connectivity index (χ0n) is 12.7. The normalized spacial score (nSPS) is 16.8. The molecule has 1 aliphatic rings. The van der Waals surface area contributed by atoms with Crippen LogP contribution in [0.5, 0.6) is 0 Å². The Morgan fingerprint density at radius 1 is 1.36 bits per heavy atom. The van der Waals surface area contributed by atoms with E-state index in [0.717, 1.165) is 19.1 Å². The van der Waals surface area contributed by atoms with Crippen LogP contribution in [-0.2, 0) is 19.4 Å². The second kappa shape index (κ2) is 7.02. The first-order chi connectivity index (χ1) is 10.4. The first-order valence-corrected chi connectivity index (χ1v) is 8.99. The van der Waals surface area contributed by atoms with Crippen LogP contribution in [-0.4, -0.2) is 51.1 Å². The largest absolute Gasteiger partial charge is 0.381 e. The molecule has 0 aliphatic carbocycles. The lowest BCUT2D eigenvalue weighted by Crippen LogP contribution is -2.38. The highest BCUT2D eigenvalue weighted by molar-refractivity contribution is 7.90. The van der Waals surface area contributed by atoms with E-state index in [2.05, 4.69) is 5.10 Å². The van der Waals surface area contributed by atoms with E-state index in [1.54, 1.807) is 18.2 Å². The van der Waals surface area contributed by atoms with Gasteiger partial charge in [0.1, 0.15) is 0 Å². The van der Waals surface area contributed by atoms with Crippen LogP contribution in [0.1, 0.15) is 25.3 Å². The van der Waals surface area contributed by atoms with Gasteiger partial charge in [-0.25, -0.2) is 13.4 Å². The Hall–Kier alpha value is -1.73. The van der Waals surface area contributed by atoms with Gasteiger partial charge in [-0.05, 0) is 30.5 Å². The number of benzene rings is 1. The quantitative estimate of drug-likeness (QED) is 0.620. The van der Waals surface area contributed by atoms with Gasteiger partial charge in [-0.15, -0.1) is 0 Å². The number of sulfone groups is 1. The predicted octanol–water partition coefficient (Wildman–Crippen LogP) is 1.45. The summed E-state index contributed by atoms with van der Waals surface area (Å²) in [6.45, 7) is 2.71. The number of hydrogen-bond acceptors (Lipinski definition) is 5. The van der Waals surface area contributed by atoms with E-state index >= 15 is 0 Å². The molecule has 1 aromatic carbocycles. The number of hydrogen-bond donors (Lipinski definition) is 0. The van der Waals surface area contributed by atoms with Crippen molar-refractivity contribution in [3.8, 4) is 0 Å². The fraction of sp³-hybridized carbons (Fsp3) is 0.467. The van der Waals surface area contributed by atoms with E-state index in [9.17, 15) is 13.2 Å². The number of carbonyl (C=O) groups excluding carboxylic acids is 1. The lowest BCUT2D eigenvalue weighted by molar-refractivity contribution is -0.133. The maximum atomic E-state index is 11.8. The molecule has 1 fully saturated rings. The van der Waals surface area contributed by atoms with E-state index < -0.39 is 9.84 Å². The van der Waals surface area contributed by atoms with Gasteiger partial charge in [0.15, 0.2) is 9.84 Å². The van der Waals surface area contributed by atoms with Crippen LogP contribution < -0.4 is 0 Å². The Labute approximate surface area is 130 Å². The lowest BCUT2D eigenvalue weighted by Gasteiger charge is -2.29. The summed E-state index contributed by atoms with van der Waals surface area (Å²) in [6.07, 6.45) is 4.18. The highest BCUT2D eigenvalue weighted by Gasteiger charge is 2.23. The van der Waals surface area contributed by atoms with Gasteiger partial charge in [0.25, 0.3) is 0 Å². The van der Waals surface area contributed by atoms with Crippen LogP contribution in [0.3, 0.4) is 0 Å². The standard InChI is InChI=1S/C15H20N2O4S/c1-12(18)17(14-6-8-21-9-7-14)16-11-13-4-3-5-15(10-13)22(2,19)20/h3-5,10-11,14H,6-9H2,1-2H3. The number of nitrogens with zero attached hydrogens (tertiary/aromatic N) is 2. The summed E-state index contributed by atoms with van der Waals surface area (Å²) in [7, 11) is -3.26. The molecule has 0 N–H and O–H groups in total. The molecule has 1 saturated heterocycles. The molecule has 0 unspecified atom stereocenters. The number of carbonyl (C=O) groups is 1. The Balaban J connectivity index is 2.19. The Bertz CT molecular complexity index is 664. The third-order valence-corrected chi connectivity index (χ3v) is 4.59. The molecule has 0 atom stereocenters. The molecule has 1 aliphatic heterocycles. The molecule has 0 saturated carbocycles. The average molecular weight is 324 g/mol. The van der Waals surface area contributed by atoms with Crippen LogP contribution in [0.4, 0.5) is 0 Å². The molecule has 7 heteroatoms. The molecule has 2 rings (SSSR count). The van der Waals surface area contributed by atoms with E-state index in [1.165, 1.54) is 24.2 Å². The summed E-state index contributed by atoms with van der Waals surface area (Å²) in [6, 6.07) is 6.51. The highest BCUT2D eigenvalue weighted by atomic mass is 32.2. The molecule has 0 aromatic heterocycles. The van der Waals surface area contributed by atoms with Crippen molar-refractivity contribution in [3.05, 3.63) is 29.8 Å². The fourth-order valence-corrected chi connectivity index (χ4v) is 2.99.